The lowest BCUT2D eigenvalue weighted by Crippen LogP contribution is -2.58. The Morgan fingerprint density at radius 1 is 1.19 bits per heavy atom. The number of aryl methyl sites for hydroxylation is 1. The van der Waals surface area contributed by atoms with Crippen LogP contribution in [0.4, 0.5) is 4.39 Å². The first-order valence-corrected chi connectivity index (χ1v) is 8.37. The number of likely N-dealkylation sites (tertiary alicyclic amines) is 1. The van der Waals surface area contributed by atoms with Crippen LogP contribution in [0.5, 0.6) is 0 Å². The minimum absolute atomic E-state index is 0.153. The lowest BCUT2D eigenvalue weighted by Gasteiger charge is -2.44. The van der Waals surface area contributed by atoms with Gasteiger partial charge in [-0.25, -0.2) is 4.39 Å². The molecule has 3 rings (SSSR count). The second kappa shape index (κ2) is 6.05. The van der Waals surface area contributed by atoms with Crippen LogP contribution in [0.15, 0.2) is 18.2 Å². The first-order valence-electron chi connectivity index (χ1n) is 8.37. The van der Waals surface area contributed by atoms with Crippen molar-refractivity contribution in [2.75, 3.05) is 13.1 Å². The van der Waals surface area contributed by atoms with Crippen LogP contribution in [-0.2, 0) is 6.42 Å². The molecule has 1 aromatic rings. The van der Waals surface area contributed by atoms with E-state index >= 15 is 0 Å². The van der Waals surface area contributed by atoms with Gasteiger partial charge >= 0.3 is 0 Å². The van der Waals surface area contributed by atoms with Crippen LogP contribution in [0.2, 0.25) is 0 Å². The van der Waals surface area contributed by atoms with E-state index in [-0.39, 0.29) is 17.4 Å². The monoisotopic (exact) mass is 290 g/mol. The quantitative estimate of drug-likeness (QED) is 0.920. The van der Waals surface area contributed by atoms with Crippen molar-refractivity contribution in [3.63, 3.8) is 0 Å². The van der Waals surface area contributed by atoms with Crippen molar-refractivity contribution in [1.82, 2.24) is 4.90 Å². The molecular formula is C18H27FN2. The van der Waals surface area contributed by atoms with E-state index in [4.69, 9.17) is 5.73 Å². The van der Waals surface area contributed by atoms with Gasteiger partial charge in [-0.3, -0.25) is 4.90 Å². The largest absolute Gasteiger partial charge is 0.326 e. The average molecular weight is 290 g/mol. The molecule has 1 atom stereocenters. The highest BCUT2D eigenvalue weighted by Gasteiger charge is 2.45. The summed E-state index contributed by atoms with van der Waals surface area (Å²) in [5, 5.41) is 0. The summed E-state index contributed by atoms with van der Waals surface area (Å²) < 4.78 is 13.3. The van der Waals surface area contributed by atoms with Gasteiger partial charge in [-0.05, 0) is 75.4 Å². The Morgan fingerprint density at radius 3 is 2.48 bits per heavy atom. The standard InChI is InChI=1S/C18H27FN2/c1-14-12-16(19)7-6-15(14)13-17(20)18(8-2-3-9-18)21-10-4-5-11-21/h6-7,12,17H,2-5,8-11,13,20H2,1H3. The molecular weight excluding hydrogens is 263 g/mol. The Kier molecular flexibility index (Phi) is 4.32. The number of hydrogen-bond acceptors (Lipinski definition) is 2. The highest BCUT2D eigenvalue weighted by atomic mass is 19.1. The van der Waals surface area contributed by atoms with Gasteiger partial charge in [-0.1, -0.05) is 18.9 Å². The van der Waals surface area contributed by atoms with Crippen molar-refractivity contribution in [1.29, 1.82) is 0 Å². The molecule has 1 aliphatic carbocycles. The van der Waals surface area contributed by atoms with Crippen LogP contribution < -0.4 is 5.73 Å². The lowest BCUT2D eigenvalue weighted by atomic mass is 9.82. The second-order valence-electron chi connectivity index (χ2n) is 6.89. The van der Waals surface area contributed by atoms with Gasteiger partial charge in [0.15, 0.2) is 0 Å². The van der Waals surface area contributed by atoms with E-state index in [1.807, 2.05) is 13.0 Å². The fourth-order valence-electron chi connectivity index (χ4n) is 4.39. The molecule has 116 valence electrons. The summed E-state index contributed by atoms with van der Waals surface area (Å²) in [5.74, 6) is -0.153. The molecule has 0 bridgehead atoms. The number of nitrogens with two attached hydrogens (primary N) is 1. The van der Waals surface area contributed by atoms with Gasteiger partial charge in [-0.15, -0.1) is 0 Å². The van der Waals surface area contributed by atoms with Gasteiger partial charge < -0.3 is 5.73 Å². The maximum absolute atomic E-state index is 13.3. The van der Waals surface area contributed by atoms with E-state index in [9.17, 15) is 4.39 Å². The van der Waals surface area contributed by atoms with Crippen LogP contribution in [0.1, 0.15) is 49.7 Å². The molecule has 1 saturated carbocycles. The Labute approximate surface area is 127 Å². The number of halogens is 1. The average Bonchev–Trinajstić information content (AvgIpc) is 3.11. The van der Waals surface area contributed by atoms with Gasteiger partial charge in [-0.2, -0.15) is 0 Å². The zero-order chi connectivity index (χ0) is 14.9. The van der Waals surface area contributed by atoms with Gasteiger partial charge in [0, 0.05) is 11.6 Å². The Bertz CT molecular complexity index is 488. The van der Waals surface area contributed by atoms with Crippen molar-refractivity contribution in [3.05, 3.63) is 35.1 Å². The van der Waals surface area contributed by atoms with Gasteiger partial charge in [0.05, 0.1) is 0 Å². The Hall–Kier alpha value is -0.930. The molecule has 1 unspecified atom stereocenters. The topological polar surface area (TPSA) is 29.3 Å². The van der Waals surface area contributed by atoms with Crippen molar-refractivity contribution in [2.45, 2.75) is 63.5 Å². The fourth-order valence-corrected chi connectivity index (χ4v) is 4.39. The van der Waals surface area contributed by atoms with Crippen molar-refractivity contribution < 1.29 is 4.39 Å². The van der Waals surface area contributed by atoms with E-state index in [2.05, 4.69) is 4.90 Å². The zero-order valence-corrected chi connectivity index (χ0v) is 13.1. The molecule has 2 nitrogen and oxygen atoms in total. The van der Waals surface area contributed by atoms with E-state index in [0.717, 1.165) is 12.0 Å². The third-order valence-electron chi connectivity index (χ3n) is 5.64. The summed E-state index contributed by atoms with van der Waals surface area (Å²) in [6, 6.07) is 5.25. The van der Waals surface area contributed by atoms with E-state index < -0.39 is 0 Å². The third-order valence-corrected chi connectivity index (χ3v) is 5.64. The zero-order valence-electron chi connectivity index (χ0n) is 13.1. The van der Waals surface area contributed by atoms with Crippen LogP contribution >= 0.6 is 0 Å². The number of nitrogens with zero attached hydrogens (tertiary/aromatic N) is 1. The Morgan fingerprint density at radius 2 is 1.86 bits per heavy atom. The number of hydrogen-bond donors (Lipinski definition) is 1. The van der Waals surface area contributed by atoms with Crippen molar-refractivity contribution in [2.24, 2.45) is 5.73 Å². The minimum atomic E-state index is -0.153. The van der Waals surface area contributed by atoms with Gasteiger partial charge in [0.1, 0.15) is 5.82 Å². The molecule has 0 amide bonds. The predicted molar refractivity (Wildman–Crippen MR) is 84.8 cm³/mol. The van der Waals surface area contributed by atoms with E-state index in [1.165, 1.54) is 57.2 Å². The summed E-state index contributed by atoms with van der Waals surface area (Å²) in [5.41, 5.74) is 9.12. The molecule has 2 aliphatic rings. The summed E-state index contributed by atoms with van der Waals surface area (Å²) in [6.07, 6.45) is 8.54. The highest BCUT2D eigenvalue weighted by Crippen LogP contribution is 2.40. The smallest absolute Gasteiger partial charge is 0.123 e. The molecule has 1 heterocycles. The van der Waals surface area contributed by atoms with E-state index in [0.29, 0.717) is 0 Å². The van der Waals surface area contributed by atoms with Crippen molar-refractivity contribution >= 4 is 0 Å². The first-order chi connectivity index (χ1) is 10.1. The first kappa shape index (κ1) is 15.0. The molecule has 1 saturated heterocycles. The number of benzene rings is 1. The normalized spacial score (nSPS) is 23.6. The van der Waals surface area contributed by atoms with Gasteiger partial charge in [0.25, 0.3) is 0 Å². The molecule has 0 spiro atoms. The molecule has 1 aromatic carbocycles. The van der Waals surface area contributed by atoms with Crippen molar-refractivity contribution in [3.8, 4) is 0 Å². The predicted octanol–water partition coefficient (Wildman–Crippen LogP) is 3.41. The van der Waals surface area contributed by atoms with Gasteiger partial charge in [0.2, 0.25) is 0 Å². The second-order valence-corrected chi connectivity index (χ2v) is 6.89. The highest BCUT2D eigenvalue weighted by molar-refractivity contribution is 5.28. The molecule has 3 heteroatoms. The third kappa shape index (κ3) is 2.86. The lowest BCUT2D eigenvalue weighted by molar-refractivity contribution is 0.0921. The van der Waals surface area contributed by atoms with Crippen LogP contribution in [0.3, 0.4) is 0 Å². The molecule has 0 radical (unpaired) electrons. The maximum Gasteiger partial charge on any atom is 0.123 e. The minimum Gasteiger partial charge on any atom is -0.326 e. The molecule has 21 heavy (non-hydrogen) atoms. The van der Waals surface area contributed by atoms with Crippen LogP contribution in [0.25, 0.3) is 0 Å². The summed E-state index contributed by atoms with van der Waals surface area (Å²) in [4.78, 5) is 2.66. The molecule has 1 aliphatic heterocycles. The summed E-state index contributed by atoms with van der Waals surface area (Å²) in [7, 11) is 0. The summed E-state index contributed by atoms with van der Waals surface area (Å²) in [6.45, 7) is 4.40. The molecule has 0 aromatic heterocycles. The van der Waals surface area contributed by atoms with Crippen LogP contribution in [0, 0.1) is 12.7 Å². The van der Waals surface area contributed by atoms with E-state index in [1.54, 1.807) is 12.1 Å². The SMILES string of the molecule is Cc1cc(F)ccc1CC(N)C1(N2CCCC2)CCCC1. The fraction of sp³-hybridized carbons (Fsp3) is 0.667. The summed E-state index contributed by atoms with van der Waals surface area (Å²) >= 11 is 0. The molecule has 2 fully saturated rings. The maximum atomic E-state index is 13.3. The molecule has 2 N–H and O–H groups in total. The Balaban J connectivity index is 1.79. The van der Waals surface area contributed by atoms with Crippen LogP contribution in [-0.4, -0.2) is 29.6 Å². The number of rotatable bonds is 4.